The molecule has 4 aromatic rings. The number of nitrogens with zero attached hydrogens (tertiary/aromatic N) is 4. The molecule has 0 N–H and O–H groups in total. The molecule has 0 bridgehead atoms. The number of fused-ring (bicyclic) bond motifs is 1. The Labute approximate surface area is 164 Å². The Morgan fingerprint density at radius 1 is 1.07 bits per heavy atom. The summed E-state index contributed by atoms with van der Waals surface area (Å²) in [5.74, 6) is 6.12. The maximum atomic E-state index is 5.11. The van der Waals surface area contributed by atoms with Crippen LogP contribution in [0.25, 0.3) is 22.2 Å². The largest absolute Gasteiger partial charge is 0.467 e. The predicted octanol–water partition coefficient (Wildman–Crippen LogP) is 4.48. The minimum absolute atomic E-state index is 0.0938. The lowest BCUT2D eigenvalue weighted by Crippen LogP contribution is -2.08. The molecule has 0 fully saturated rings. The van der Waals surface area contributed by atoms with Gasteiger partial charge in [-0.3, -0.25) is 4.68 Å². The molecule has 5 heteroatoms. The summed E-state index contributed by atoms with van der Waals surface area (Å²) in [5.41, 5.74) is 5.10. The van der Waals surface area contributed by atoms with Gasteiger partial charge in [-0.25, -0.2) is 4.98 Å². The van der Waals surface area contributed by atoms with Crippen LogP contribution in [0.5, 0.6) is 6.01 Å². The van der Waals surface area contributed by atoms with Gasteiger partial charge in [-0.2, -0.15) is 10.1 Å². The van der Waals surface area contributed by atoms with Crippen molar-refractivity contribution < 1.29 is 4.74 Å². The van der Waals surface area contributed by atoms with Crippen LogP contribution in [0.15, 0.2) is 60.9 Å². The van der Waals surface area contributed by atoms with Gasteiger partial charge in [-0.15, -0.1) is 5.92 Å². The number of benzene rings is 2. The maximum Gasteiger partial charge on any atom is 0.316 e. The Bertz CT molecular complexity index is 1180. The van der Waals surface area contributed by atoms with Gasteiger partial charge < -0.3 is 4.74 Å². The zero-order valence-electron chi connectivity index (χ0n) is 16.0. The lowest BCUT2D eigenvalue weighted by atomic mass is 10.0. The molecule has 0 aliphatic carbocycles. The molecule has 2 heterocycles. The third-order valence-electron chi connectivity index (χ3n) is 4.77. The second-order valence-corrected chi connectivity index (χ2v) is 6.43. The van der Waals surface area contributed by atoms with E-state index in [0.717, 1.165) is 27.7 Å². The van der Waals surface area contributed by atoms with Crippen LogP contribution in [0, 0.1) is 11.8 Å². The summed E-state index contributed by atoms with van der Waals surface area (Å²) in [7, 11) is 1.57. The third kappa shape index (κ3) is 3.21. The number of aromatic nitrogens is 4. The van der Waals surface area contributed by atoms with Gasteiger partial charge in [0.05, 0.1) is 30.6 Å². The van der Waals surface area contributed by atoms with Crippen LogP contribution >= 0.6 is 0 Å². The highest BCUT2D eigenvalue weighted by Crippen LogP contribution is 2.27. The van der Waals surface area contributed by atoms with E-state index in [9.17, 15) is 0 Å². The summed E-state index contributed by atoms with van der Waals surface area (Å²) >= 11 is 0. The first kappa shape index (κ1) is 17.7. The zero-order valence-corrected chi connectivity index (χ0v) is 16.0. The summed E-state index contributed by atoms with van der Waals surface area (Å²) in [6.07, 6.45) is 3.59. The summed E-state index contributed by atoms with van der Waals surface area (Å²) in [5, 5.41) is 5.71. The first-order chi connectivity index (χ1) is 13.7. The summed E-state index contributed by atoms with van der Waals surface area (Å²) in [6.45, 7) is 3.99. The van der Waals surface area contributed by atoms with E-state index in [2.05, 4.69) is 64.2 Å². The molecule has 0 aliphatic rings. The Hall–Kier alpha value is -3.65. The average Bonchev–Trinajstić information content (AvgIpc) is 3.19. The molecule has 2 aromatic heterocycles. The van der Waals surface area contributed by atoms with Crippen molar-refractivity contribution in [3.05, 3.63) is 72.1 Å². The molecule has 0 unspecified atom stereocenters. The molecule has 0 saturated heterocycles. The van der Waals surface area contributed by atoms with Crippen molar-refractivity contribution in [3.63, 3.8) is 0 Å². The van der Waals surface area contributed by atoms with Crippen molar-refractivity contribution >= 4 is 10.9 Å². The molecule has 0 spiro atoms. The highest BCUT2D eigenvalue weighted by molar-refractivity contribution is 5.85. The van der Waals surface area contributed by atoms with Crippen LogP contribution in [0.2, 0.25) is 0 Å². The Kier molecular flexibility index (Phi) is 4.77. The maximum absolute atomic E-state index is 5.11. The molecular weight excluding hydrogens is 348 g/mol. The van der Waals surface area contributed by atoms with Crippen LogP contribution in [0.4, 0.5) is 0 Å². The lowest BCUT2D eigenvalue weighted by molar-refractivity contribution is 0.380. The summed E-state index contributed by atoms with van der Waals surface area (Å²) < 4.78 is 7.15. The first-order valence-electron chi connectivity index (χ1n) is 9.07. The Balaban J connectivity index is 1.67. The topological polar surface area (TPSA) is 52.8 Å². The van der Waals surface area contributed by atoms with Gasteiger partial charge in [-0.05, 0) is 37.6 Å². The van der Waals surface area contributed by atoms with E-state index >= 15 is 0 Å². The van der Waals surface area contributed by atoms with E-state index in [4.69, 9.17) is 4.74 Å². The Morgan fingerprint density at radius 2 is 1.89 bits per heavy atom. The summed E-state index contributed by atoms with van der Waals surface area (Å²) in [4.78, 5) is 8.45. The predicted molar refractivity (Wildman–Crippen MR) is 110 cm³/mol. The van der Waals surface area contributed by atoms with Crippen molar-refractivity contribution in [2.45, 2.75) is 19.9 Å². The van der Waals surface area contributed by atoms with Crippen molar-refractivity contribution in [1.29, 1.82) is 0 Å². The van der Waals surface area contributed by atoms with Gasteiger partial charge in [0.1, 0.15) is 0 Å². The smallest absolute Gasteiger partial charge is 0.316 e. The van der Waals surface area contributed by atoms with Crippen LogP contribution in [-0.4, -0.2) is 26.9 Å². The average molecular weight is 368 g/mol. The van der Waals surface area contributed by atoms with Crippen molar-refractivity contribution in [2.24, 2.45) is 0 Å². The number of methoxy groups -OCH3 is 1. The van der Waals surface area contributed by atoms with Crippen LogP contribution in [-0.2, 0) is 0 Å². The number of rotatable bonds is 4. The minimum Gasteiger partial charge on any atom is -0.467 e. The molecule has 4 rings (SSSR count). The molecule has 1 atom stereocenters. The van der Waals surface area contributed by atoms with E-state index in [1.165, 1.54) is 5.56 Å². The van der Waals surface area contributed by atoms with Gasteiger partial charge in [0.25, 0.3) is 0 Å². The standard InChI is InChI=1S/C23H20N4O/c1-4-6-18-7-5-8-22-20(18)15-25-27(22)16(2)17-9-11-19(12-10-17)21-13-14-24-23(26-21)28-3/h5,7-16H,1-3H3/t16-/m0/s1. The van der Waals surface area contributed by atoms with E-state index in [-0.39, 0.29) is 6.04 Å². The zero-order chi connectivity index (χ0) is 19.5. The highest BCUT2D eigenvalue weighted by atomic mass is 16.5. The SMILES string of the molecule is CC#Cc1cccc2c1cnn2[C@@H](C)c1ccc(-c2ccnc(OC)n2)cc1. The van der Waals surface area contributed by atoms with Gasteiger partial charge in [0.15, 0.2) is 0 Å². The Morgan fingerprint density at radius 3 is 2.64 bits per heavy atom. The lowest BCUT2D eigenvalue weighted by Gasteiger charge is -2.15. The fraction of sp³-hybridized carbons (Fsp3) is 0.174. The molecule has 5 nitrogen and oxygen atoms in total. The second kappa shape index (κ2) is 7.53. The van der Waals surface area contributed by atoms with Crippen LogP contribution < -0.4 is 4.74 Å². The number of hydrogen-bond donors (Lipinski definition) is 0. The van der Waals surface area contributed by atoms with E-state index in [0.29, 0.717) is 6.01 Å². The molecule has 28 heavy (non-hydrogen) atoms. The molecule has 0 radical (unpaired) electrons. The molecule has 0 amide bonds. The fourth-order valence-corrected chi connectivity index (χ4v) is 3.30. The fourth-order valence-electron chi connectivity index (χ4n) is 3.30. The molecule has 138 valence electrons. The highest BCUT2D eigenvalue weighted by Gasteiger charge is 2.14. The second-order valence-electron chi connectivity index (χ2n) is 6.43. The van der Waals surface area contributed by atoms with Gasteiger partial charge in [0.2, 0.25) is 0 Å². The van der Waals surface area contributed by atoms with Crippen molar-refractivity contribution in [2.75, 3.05) is 7.11 Å². The van der Waals surface area contributed by atoms with Crippen molar-refractivity contribution in [1.82, 2.24) is 19.7 Å². The molecular formula is C23H20N4O. The quantitative estimate of drug-likeness (QED) is 0.498. The van der Waals surface area contributed by atoms with E-state index in [1.54, 1.807) is 13.3 Å². The first-order valence-corrected chi connectivity index (χ1v) is 9.07. The third-order valence-corrected chi connectivity index (χ3v) is 4.77. The summed E-state index contributed by atoms with van der Waals surface area (Å²) in [6, 6.07) is 16.8. The van der Waals surface area contributed by atoms with Gasteiger partial charge >= 0.3 is 6.01 Å². The minimum atomic E-state index is 0.0938. The number of ether oxygens (including phenoxy) is 1. The molecule has 0 saturated carbocycles. The normalized spacial score (nSPS) is 11.7. The van der Waals surface area contributed by atoms with Crippen LogP contribution in [0.1, 0.15) is 31.0 Å². The monoisotopic (exact) mass is 368 g/mol. The van der Waals surface area contributed by atoms with Gasteiger partial charge in [0, 0.05) is 22.7 Å². The van der Waals surface area contributed by atoms with E-state index < -0.39 is 0 Å². The molecule has 0 aliphatic heterocycles. The van der Waals surface area contributed by atoms with Crippen LogP contribution in [0.3, 0.4) is 0 Å². The van der Waals surface area contributed by atoms with Crippen molar-refractivity contribution in [3.8, 4) is 29.1 Å². The number of hydrogen-bond acceptors (Lipinski definition) is 4. The van der Waals surface area contributed by atoms with Gasteiger partial charge in [-0.1, -0.05) is 36.3 Å². The van der Waals surface area contributed by atoms with E-state index in [1.807, 2.05) is 36.0 Å². The molecule has 2 aromatic carbocycles.